The lowest BCUT2D eigenvalue weighted by Crippen LogP contribution is -2.60. The first-order chi connectivity index (χ1) is 8.29. The van der Waals surface area contributed by atoms with Gasteiger partial charge in [0.1, 0.15) is 5.78 Å². The molecule has 126 valence electrons. The van der Waals surface area contributed by atoms with Crippen LogP contribution in [0.3, 0.4) is 0 Å². The average Bonchev–Trinajstić information content (AvgIpc) is 2.63. The lowest BCUT2D eigenvalue weighted by molar-refractivity contribution is -0.138. The molecule has 7 heteroatoms. The number of piperidine rings is 1. The molecule has 3 atom stereocenters. The van der Waals surface area contributed by atoms with Crippen molar-refractivity contribution in [2.45, 2.75) is 64.6 Å². The lowest BCUT2D eigenvalue weighted by atomic mass is 9.85. The highest BCUT2D eigenvalue weighted by Crippen LogP contribution is 2.32. The van der Waals surface area contributed by atoms with E-state index in [0.717, 1.165) is 19.4 Å². The summed E-state index contributed by atoms with van der Waals surface area (Å²) in [6.45, 7) is 8.86. The van der Waals surface area contributed by atoms with E-state index >= 15 is 0 Å². The summed E-state index contributed by atoms with van der Waals surface area (Å²) in [4.78, 5) is 26.5. The van der Waals surface area contributed by atoms with E-state index in [-0.39, 0.29) is 69.9 Å². The fourth-order valence-electron chi connectivity index (χ4n) is 3.21. The van der Waals surface area contributed by atoms with Crippen molar-refractivity contribution in [3.05, 3.63) is 0 Å². The van der Waals surface area contributed by atoms with Crippen LogP contribution in [0.25, 0.3) is 0 Å². The first kappa shape index (κ1) is 23.4. The third-order valence-electron chi connectivity index (χ3n) is 3.85. The fourth-order valence-corrected chi connectivity index (χ4v) is 3.21. The van der Waals surface area contributed by atoms with Crippen molar-refractivity contribution >= 4 is 52.2 Å². The third kappa shape index (κ3) is 5.37. The summed E-state index contributed by atoms with van der Waals surface area (Å²) < 4.78 is 0. The van der Waals surface area contributed by atoms with Crippen LogP contribution in [0.15, 0.2) is 0 Å². The molecule has 0 aromatic rings. The van der Waals surface area contributed by atoms with E-state index in [1.807, 2.05) is 27.7 Å². The zero-order chi connectivity index (χ0) is 13.5. The largest absolute Gasteiger partial charge is 0.350 e. The predicted molar refractivity (Wildman–Crippen MR) is 101 cm³/mol. The molecule has 0 radical (unpaired) electrons. The minimum absolute atomic E-state index is 0. The number of amides is 1. The van der Waals surface area contributed by atoms with Gasteiger partial charge in [-0.2, -0.15) is 40.5 Å². The summed E-state index contributed by atoms with van der Waals surface area (Å²) in [5, 5.41) is 3.05. The summed E-state index contributed by atoms with van der Waals surface area (Å²) in [6, 6.07) is -0.133. The Morgan fingerprint density at radius 3 is 2.33 bits per heavy atom. The highest BCUT2D eigenvalue weighted by atomic mass is 32.1. The van der Waals surface area contributed by atoms with Crippen LogP contribution in [0.4, 0.5) is 0 Å². The molecule has 0 spiro atoms. The quantitative estimate of drug-likeness (QED) is 0.779. The average molecular weight is 355 g/mol. The molecule has 0 bridgehead atoms. The maximum absolute atomic E-state index is 12.4. The zero-order valence-electron chi connectivity index (χ0n) is 13.3. The van der Waals surface area contributed by atoms with Crippen LogP contribution in [0, 0.1) is 5.92 Å². The molecule has 0 aromatic heterocycles. The maximum Gasteiger partial charge on any atom is 0.238 e. The fraction of sp³-hybridized carbons (Fsp3) is 0.857. The van der Waals surface area contributed by atoms with Gasteiger partial charge in [-0.05, 0) is 46.1 Å². The highest BCUT2D eigenvalue weighted by molar-refractivity contribution is 7.59. The van der Waals surface area contributed by atoms with Crippen molar-refractivity contribution in [3.8, 4) is 0 Å². The van der Waals surface area contributed by atoms with Gasteiger partial charge in [0.25, 0.3) is 0 Å². The van der Waals surface area contributed by atoms with Gasteiger partial charge in [-0.25, -0.2) is 0 Å². The summed E-state index contributed by atoms with van der Waals surface area (Å²) in [7, 11) is 0. The maximum atomic E-state index is 12.4. The summed E-state index contributed by atoms with van der Waals surface area (Å²) in [5.74, 6) is 0.517. The van der Waals surface area contributed by atoms with E-state index < -0.39 is 0 Å². The molecule has 21 heavy (non-hydrogen) atoms. The monoisotopic (exact) mass is 354 g/mol. The summed E-state index contributed by atoms with van der Waals surface area (Å²) in [5.41, 5.74) is -0.215. The Balaban J connectivity index is 0. The molecule has 2 aliphatic rings. The van der Waals surface area contributed by atoms with E-state index in [9.17, 15) is 9.59 Å². The Hall–Kier alpha value is 0.150. The summed E-state index contributed by atoms with van der Waals surface area (Å²) in [6.07, 6.45) is 2.50. The zero-order valence-corrected chi connectivity index (χ0v) is 16.3. The van der Waals surface area contributed by atoms with Crippen LogP contribution in [0.1, 0.15) is 47.0 Å². The second-order valence-corrected chi connectivity index (χ2v) is 6.73. The molecule has 0 saturated carbocycles. The number of hydrogen-bond donors (Lipinski definition) is 1. The molecule has 1 unspecified atom stereocenters. The first-order valence-electron chi connectivity index (χ1n) is 6.90. The van der Waals surface area contributed by atoms with Crippen LogP contribution in [-0.4, -0.2) is 40.8 Å². The van der Waals surface area contributed by atoms with Gasteiger partial charge in [-0.1, -0.05) is 6.92 Å². The number of hydrogen-bond acceptors (Lipinski definition) is 3. The molecule has 2 saturated heterocycles. The van der Waals surface area contributed by atoms with Gasteiger partial charge in [0.05, 0.1) is 12.1 Å². The molecular weight excluding hydrogens is 324 g/mol. The predicted octanol–water partition coefficient (Wildman–Crippen LogP) is 1.68. The number of ketones is 1. The minimum Gasteiger partial charge on any atom is -0.350 e. The number of nitrogens with zero attached hydrogens (tertiary/aromatic N) is 1. The Labute approximate surface area is 149 Å². The van der Waals surface area contributed by atoms with E-state index in [4.69, 9.17) is 0 Å². The molecular formula is C14H30N2O2S3. The number of Topliss-reactive ketones (excluding diaryl/α,β-unsaturated/α-hetero) is 1. The molecule has 2 aliphatic heterocycles. The number of rotatable bonds is 1. The molecule has 4 nitrogen and oxygen atoms in total. The minimum atomic E-state index is -0.215. The second kappa shape index (κ2) is 8.70. The molecule has 1 N–H and O–H groups in total. The van der Waals surface area contributed by atoms with Crippen molar-refractivity contribution in [1.29, 1.82) is 0 Å². The van der Waals surface area contributed by atoms with Gasteiger partial charge >= 0.3 is 0 Å². The van der Waals surface area contributed by atoms with Gasteiger partial charge in [0.2, 0.25) is 5.91 Å². The molecule has 2 rings (SSSR count). The van der Waals surface area contributed by atoms with Crippen molar-refractivity contribution < 1.29 is 9.59 Å². The van der Waals surface area contributed by atoms with Crippen LogP contribution < -0.4 is 5.32 Å². The van der Waals surface area contributed by atoms with Gasteiger partial charge < -0.3 is 5.32 Å². The van der Waals surface area contributed by atoms with Gasteiger partial charge in [0.15, 0.2) is 0 Å². The number of fused-ring (bicyclic) bond motifs is 1. The molecule has 0 aliphatic carbocycles. The van der Waals surface area contributed by atoms with Crippen molar-refractivity contribution in [2.75, 3.05) is 6.54 Å². The Kier molecular flexibility index (Phi) is 9.70. The first-order valence-corrected chi connectivity index (χ1v) is 6.90. The van der Waals surface area contributed by atoms with Gasteiger partial charge in [0, 0.05) is 12.0 Å². The molecule has 1 amide bonds. The lowest BCUT2D eigenvalue weighted by Gasteiger charge is -2.40. The van der Waals surface area contributed by atoms with E-state index in [1.54, 1.807) is 0 Å². The number of nitrogens with one attached hydrogen (secondary N) is 1. The Bertz CT molecular complexity index is 372. The third-order valence-corrected chi connectivity index (χ3v) is 3.85. The van der Waals surface area contributed by atoms with E-state index in [1.165, 1.54) is 0 Å². The highest BCUT2D eigenvalue weighted by Gasteiger charge is 2.46. The van der Waals surface area contributed by atoms with E-state index in [0.29, 0.717) is 12.2 Å². The topological polar surface area (TPSA) is 49.4 Å². The van der Waals surface area contributed by atoms with E-state index in [2.05, 4.69) is 10.2 Å². The van der Waals surface area contributed by atoms with Crippen molar-refractivity contribution in [2.24, 2.45) is 5.92 Å². The van der Waals surface area contributed by atoms with Crippen LogP contribution in [0.5, 0.6) is 0 Å². The Morgan fingerprint density at radius 2 is 1.81 bits per heavy atom. The number of carbonyl (C=O) groups is 2. The second-order valence-electron chi connectivity index (χ2n) is 6.73. The molecule has 2 heterocycles. The van der Waals surface area contributed by atoms with Crippen molar-refractivity contribution in [3.63, 3.8) is 0 Å². The van der Waals surface area contributed by atoms with Crippen LogP contribution in [0.2, 0.25) is 0 Å². The van der Waals surface area contributed by atoms with Crippen LogP contribution in [-0.2, 0) is 9.59 Å². The van der Waals surface area contributed by atoms with Gasteiger partial charge in [-0.3, -0.25) is 14.5 Å². The SMILES string of the molecule is C[C@@H]1CC(=O)[C@@H]2CCCN2C1C(=O)NC(C)(C)C.S.S.S. The number of carbonyl (C=O) groups excluding carboxylic acids is 2. The molecule has 0 aromatic carbocycles. The smallest absolute Gasteiger partial charge is 0.238 e. The van der Waals surface area contributed by atoms with Gasteiger partial charge in [-0.15, -0.1) is 0 Å². The standard InChI is InChI=1S/C14H24N2O2.3H2S/c1-9-8-11(17)10-6-5-7-16(10)12(9)13(18)15-14(2,3)4;;;/h9-10,12H,5-8H2,1-4H3,(H,15,18);3*1H2/t9-,10+,12?;;;/m1.../s1. The summed E-state index contributed by atoms with van der Waals surface area (Å²) >= 11 is 0. The normalized spacial score (nSPS) is 28.6. The van der Waals surface area contributed by atoms with Crippen molar-refractivity contribution in [1.82, 2.24) is 10.2 Å². The molecule has 2 fully saturated rings. The van der Waals surface area contributed by atoms with Crippen LogP contribution >= 0.6 is 40.5 Å². The Morgan fingerprint density at radius 1 is 1.24 bits per heavy atom.